The molecule has 2 N–H and O–H groups in total. The average Bonchev–Trinajstić information content (AvgIpc) is 2.63. The summed E-state index contributed by atoms with van der Waals surface area (Å²) in [7, 11) is 0. The van der Waals surface area contributed by atoms with Crippen LogP contribution in [-0.2, 0) is 0 Å². The van der Waals surface area contributed by atoms with E-state index >= 15 is 0 Å². The highest BCUT2D eigenvalue weighted by molar-refractivity contribution is 4.89. The zero-order valence-electron chi connectivity index (χ0n) is 7.34. The molecule has 64 valence electrons. The Morgan fingerprint density at radius 3 is 2.73 bits per heavy atom. The molecule has 2 rings (SSSR count). The van der Waals surface area contributed by atoms with Crippen LogP contribution in [0, 0.1) is 5.92 Å². The van der Waals surface area contributed by atoms with E-state index in [2.05, 4.69) is 11.8 Å². The highest BCUT2D eigenvalue weighted by atomic mass is 15.3. The van der Waals surface area contributed by atoms with E-state index < -0.39 is 0 Å². The predicted octanol–water partition coefficient (Wildman–Crippen LogP) is 1.17. The summed E-state index contributed by atoms with van der Waals surface area (Å²) < 4.78 is 0. The zero-order valence-corrected chi connectivity index (χ0v) is 7.34. The summed E-state index contributed by atoms with van der Waals surface area (Å²) in [5, 5.41) is 0. The molecule has 1 aliphatic heterocycles. The largest absolute Gasteiger partial charge is 0.313 e. The number of hydrogen-bond acceptors (Lipinski definition) is 2. The number of hydrogen-bond donors (Lipinski definition) is 1. The molecule has 2 fully saturated rings. The van der Waals surface area contributed by atoms with Crippen molar-refractivity contribution in [3.05, 3.63) is 0 Å². The van der Waals surface area contributed by atoms with Gasteiger partial charge in [0.15, 0.2) is 0 Å². The fraction of sp³-hybridized carbons (Fsp3) is 1.00. The van der Waals surface area contributed by atoms with Crippen molar-refractivity contribution in [2.75, 3.05) is 13.1 Å². The first-order valence-corrected chi connectivity index (χ1v) is 4.72. The number of rotatable bonds is 2. The first-order chi connectivity index (χ1) is 5.18. The van der Waals surface area contributed by atoms with Gasteiger partial charge in [0.1, 0.15) is 0 Å². The van der Waals surface area contributed by atoms with Gasteiger partial charge in [-0.3, -0.25) is 4.90 Å². The van der Waals surface area contributed by atoms with E-state index in [-0.39, 0.29) is 5.66 Å². The van der Waals surface area contributed by atoms with Crippen molar-refractivity contribution >= 4 is 0 Å². The fourth-order valence-corrected chi connectivity index (χ4v) is 1.95. The van der Waals surface area contributed by atoms with Crippen molar-refractivity contribution in [1.29, 1.82) is 0 Å². The monoisotopic (exact) mass is 154 g/mol. The summed E-state index contributed by atoms with van der Waals surface area (Å²) in [6.45, 7) is 4.65. The first-order valence-electron chi connectivity index (χ1n) is 4.72. The van der Waals surface area contributed by atoms with Gasteiger partial charge in [0.2, 0.25) is 0 Å². The Bertz CT molecular complexity index is 150. The van der Waals surface area contributed by atoms with Crippen LogP contribution in [0.1, 0.15) is 32.6 Å². The fourth-order valence-electron chi connectivity index (χ4n) is 1.95. The molecule has 2 aliphatic rings. The van der Waals surface area contributed by atoms with Gasteiger partial charge in [-0.05, 0) is 45.1 Å². The van der Waals surface area contributed by atoms with E-state index in [1.54, 1.807) is 0 Å². The van der Waals surface area contributed by atoms with Crippen LogP contribution in [0.2, 0.25) is 0 Å². The molecule has 0 aromatic carbocycles. The van der Waals surface area contributed by atoms with Gasteiger partial charge in [0.25, 0.3) is 0 Å². The maximum atomic E-state index is 6.12. The molecule has 1 atom stereocenters. The smallest absolute Gasteiger partial charge is 0.0658 e. The zero-order chi connectivity index (χ0) is 7.90. The number of likely N-dealkylation sites (tertiary alicyclic amines) is 1. The second-order valence-corrected chi connectivity index (χ2v) is 4.35. The lowest BCUT2D eigenvalue weighted by molar-refractivity contribution is 0.156. The molecule has 0 bridgehead atoms. The third-order valence-corrected chi connectivity index (χ3v) is 3.01. The molecule has 0 aromatic heterocycles. The Balaban J connectivity index is 1.90. The normalized spacial score (nSPS) is 39.8. The topological polar surface area (TPSA) is 29.3 Å². The quantitative estimate of drug-likeness (QED) is 0.647. The lowest BCUT2D eigenvalue weighted by Crippen LogP contribution is -2.49. The van der Waals surface area contributed by atoms with Crippen LogP contribution in [0.15, 0.2) is 0 Å². The van der Waals surface area contributed by atoms with Crippen LogP contribution >= 0.6 is 0 Å². The lowest BCUT2D eigenvalue weighted by atomic mass is 10.1. The minimum atomic E-state index is 0.0165. The molecule has 0 radical (unpaired) electrons. The van der Waals surface area contributed by atoms with Gasteiger partial charge in [-0.25, -0.2) is 0 Å². The van der Waals surface area contributed by atoms with Crippen molar-refractivity contribution < 1.29 is 0 Å². The van der Waals surface area contributed by atoms with Gasteiger partial charge in [-0.1, -0.05) is 0 Å². The summed E-state index contributed by atoms with van der Waals surface area (Å²) >= 11 is 0. The van der Waals surface area contributed by atoms with Crippen LogP contribution in [0.5, 0.6) is 0 Å². The molecule has 2 heteroatoms. The van der Waals surface area contributed by atoms with Crippen LogP contribution in [-0.4, -0.2) is 23.7 Å². The van der Waals surface area contributed by atoms with Crippen molar-refractivity contribution in [3.63, 3.8) is 0 Å². The van der Waals surface area contributed by atoms with E-state index in [1.165, 1.54) is 38.8 Å². The Kier molecular flexibility index (Phi) is 1.69. The van der Waals surface area contributed by atoms with Crippen molar-refractivity contribution in [1.82, 2.24) is 4.90 Å². The first kappa shape index (κ1) is 7.56. The minimum Gasteiger partial charge on any atom is -0.313 e. The molecule has 0 aromatic rings. The summed E-state index contributed by atoms with van der Waals surface area (Å²) in [6, 6.07) is 0. The standard InChI is InChI=1S/C9H18N2/c1-9(10)5-2-6-11(9)7-8-3-4-8/h8H,2-7,10H2,1H3. The molecule has 1 heterocycles. The second kappa shape index (κ2) is 2.46. The third kappa shape index (κ3) is 1.57. The SMILES string of the molecule is CC1(N)CCCN1CC1CC1. The second-order valence-electron chi connectivity index (χ2n) is 4.35. The summed E-state index contributed by atoms with van der Waals surface area (Å²) in [5.74, 6) is 0.982. The van der Waals surface area contributed by atoms with Crippen molar-refractivity contribution in [3.8, 4) is 0 Å². The third-order valence-electron chi connectivity index (χ3n) is 3.01. The molecule has 11 heavy (non-hydrogen) atoms. The summed E-state index contributed by atoms with van der Waals surface area (Å²) in [5.41, 5.74) is 6.14. The Morgan fingerprint density at radius 1 is 1.55 bits per heavy atom. The van der Waals surface area contributed by atoms with E-state index in [0.717, 1.165) is 5.92 Å². The molecule has 1 aliphatic carbocycles. The van der Waals surface area contributed by atoms with E-state index in [4.69, 9.17) is 5.73 Å². The van der Waals surface area contributed by atoms with Gasteiger partial charge in [0, 0.05) is 6.54 Å². The maximum absolute atomic E-state index is 6.12. The molecular weight excluding hydrogens is 136 g/mol. The number of nitrogens with zero attached hydrogens (tertiary/aromatic N) is 1. The summed E-state index contributed by atoms with van der Waals surface area (Å²) in [4.78, 5) is 2.46. The van der Waals surface area contributed by atoms with Crippen molar-refractivity contribution in [2.24, 2.45) is 11.7 Å². The van der Waals surface area contributed by atoms with Crippen LogP contribution < -0.4 is 5.73 Å². The highest BCUT2D eigenvalue weighted by Crippen LogP contribution is 2.34. The number of nitrogens with two attached hydrogens (primary N) is 1. The van der Waals surface area contributed by atoms with Gasteiger partial charge in [0.05, 0.1) is 5.66 Å². The van der Waals surface area contributed by atoms with E-state index in [9.17, 15) is 0 Å². The molecule has 0 spiro atoms. The van der Waals surface area contributed by atoms with Gasteiger partial charge >= 0.3 is 0 Å². The van der Waals surface area contributed by atoms with Gasteiger partial charge < -0.3 is 5.73 Å². The molecule has 1 unspecified atom stereocenters. The van der Waals surface area contributed by atoms with Gasteiger partial charge in [-0.15, -0.1) is 0 Å². The minimum absolute atomic E-state index is 0.0165. The molecular formula is C9H18N2. The highest BCUT2D eigenvalue weighted by Gasteiger charge is 2.36. The predicted molar refractivity (Wildman–Crippen MR) is 46.1 cm³/mol. The lowest BCUT2D eigenvalue weighted by Gasteiger charge is -2.31. The molecule has 1 saturated carbocycles. The van der Waals surface area contributed by atoms with E-state index in [1.807, 2.05) is 0 Å². The Labute approximate surface area is 68.7 Å². The van der Waals surface area contributed by atoms with Crippen LogP contribution in [0.3, 0.4) is 0 Å². The van der Waals surface area contributed by atoms with Crippen LogP contribution in [0.4, 0.5) is 0 Å². The summed E-state index contributed by atoms with van der Waals surface area (Å²) in [6.07, 6.45) is 5.35. The molecule has 2 nitrogen and oxygen atoms in total. The van der Waals surface area contributed by atoms with Crippen molar-refractivity contribution in [2.45, 2.75) is 38.3 Å². The average molecular weight is 154 g/mol. The van der Waals surface area contributed by atoms with Crippen LogP contribution in [0.25, 0.3) is 0 Å². The maximum Gasteiger partial charge on any atom is 0.0658 e. The molecule has 1 saturated heterocycles. The molecule has 0 amide bonds. The Morgan fingerprint density at radius 2 is 2.27 bits per heavy atom. The van der Waals surface area contributed by atoms with E-state index in [0.29, 0.717) is 0 Å². The Hall–Kier alpha value is -0.0800. The van der Waals surface area contributed by atoms with Gasteiger partial charge in [-0.2, -0.15) is 0 Å².